The van der Waals surface area contributed by atoms with Crippen molar-refractivity contribution >= 4 is 30.7 Å². The molecule has 0 bridgehead atoms. The normalized spacial score (nSPS) is 39.4. The molecule has 2 heterocycles. The van der Waals surface area contributed by atoms with Gasteiger partial charge in [-0.1, -0.05) is 19.3 Å². The highest BCUT2D eigenvalue weighted by atomic mass is 35.5. The molecule has 200 valence electrons. The van der Waals surface area contributed by atoms with E-state index in [1.807, 2.05) is 27.7 Å². The van der Waals surface area contributed by atoms with Crippen LogP contribution in [0, 0.1) is 5.92 Å². The third-order valence-corrected chi connectivity index (χ3v) is 8.48. The first-order valence-electron chi connectivity index (χ1n) is 12.6. The number of alkyl halides is 1. The Balaban J connectivity index is 1.69. The lowest BCUT2D eigenvalue weighted by Crippen LogP contribution is -2.62. The van der Waals surface area contributed by atoms with Crippen molar-refractivity contribution in [2.45, 2.75) is 127 Å². The Bertz CT molecular complexity index is 747. The van der Waals surface area contributed by atoms with Crippen LogP contribution in [0.15, 0.2) is 0 Å². The number of hydrogen-bond acceptors (Lipinski definition) is 9. The Morgan fingerprint density at radius 1 is 0.971 bits per heavy atom. The van der Waals surface area contributed by atoms with Crippen molar-refractivity contribution in [1.82, 2.24) is 0 Å². The first-order valence-corrected chi connectivity index (χ1v) is 13.0. The molecular formula is C24H40BClO9. The van der Waals surface area contributed by atoms with E-state index in [1.165, 1.54) is 13.8 Å². The molecule has 1 saturated carbocycles. The number of aliphatic hydroxyl groups excluding tert-OH is 2. The van der Waals surface area contributed by atoms with Gasteiger partial charge in [0.25, 0.3) is 0 Å². The minimum Gasteiger partial charge on any atom is -0.463 e. The van der Waals surface area contributed by atoms with Gasteiger partial charge in [0.2, 0.25) is 0 Å². The topological polar surface area (TPSA) is 121 Å². The number of aliphatic hydroxyl groups is 2. The first-order chi connectivity index (χ1) is 16.2. The van der Waals surface area contributed by atoms with E-state index < -0.39 is 53.7 Å². The second-order valence-electron chi connectivity index (χ2n) is 11.1. The average molecular weight is 519 g/mol. The van der Waals surface area contributed by atoms with Crippen molar-refractivity contribution in [1.29, 1.82) is 0 Å². The lowest BCUT2D eigenvalue weighted by molar-refractivity contribution is -0.250. The van der Waals surface area contributed by atoms with Crippen LogP contribution in [0.3, 0.4) is 0 Å². The SMILES string of the molecule is CC(=O)OC[C@H]1O[C@H](C2CCCC(B3OC(C)(C)C(C)(C)O3)CCC2Cl)[C@@H](O)[C@@H](O)[C@@H]1OC(C)=O. The van der Waals surface area contributed by atoms with Crippen molar-refractivity contribution in [3.8, 4) is 0 Å². The molecule has 2 saturated heterocycles. The number of esters is 2. The molecule has 3 fully saturated rings. The fourth-order valence-corrected chi connectivity index (χ4v) is 5.64. The van der Waals surface area contributed by atoms with Crippen LogP contribution in [-0.4, -0.2) is 83.0 Å². The lowest BCUT2D eigenvalue weighted by Gasteiger charge is -2.46. The minimum atomic E-state index is -1.40. The van der Waals surface area contributed by atoms with E-state index >= 15 is 0 Å². The molecule has 2 N–H and O–H groups in total. The van der Waals surface area contributed by atoms with E-state index in [4.69, 9.17) is 35.1 Å². The second-order valence-corrected chi connectivity index (χ2v) is 11.6. The van der Waals surface area contributed by atoms with Gasteiger partial charge in [-0.2, -0.15) is 0 Å². The van der Waals surface area contributed by atoms with Crippen LogP contribution in [0.25, 0.3) is 0 Å². The van der Waals surface area contributed by atoms with E-state index in [-0.39, 0.29) is 30.8 Å². The van der Waals surface area contributed by atoms with E-state index in [0.29, 0.717) is 12.8 Å². The molecule has 11 heteroatoms. The van der Waals surface area contributed by atoms with Crippen LogP contribution in [0.5, 0.6) is 0 Å². The van der Waals surface area contributed by atoms with E-state index in [9.17, 15) is 19.8 Å². The van der Waals surface area contributed by atoms with Crippen molar-refractivity contribution in [2.75, 3.05) is 6.61 Å². The number of ether oxygens (including phenoxy) is 3. The van der Waals surface area contributed by atoms with E-state index in [0.717, 1.165) is 19.3 Å². The van der Waals surface area contributed by atoms with Crippen LogP contribution in [0.2, 0.25) is 5.82 Å². The molecule has 35 heavy (non-hydrogen) atoms. The van der Waals surface area contributed by atoms with Crippen LogP contribution in [0.4, 0.5) is 0 Å². The van der Waals surface area contributed by atoms with Crippen LogP contribution >= 0.6 is 11.6 Å². The predicted octanol–water partition coefficient (Wildman–Crippen LogP) is 2.62. The lowest BCUT2D eigenvalue weighted by atomic mass is 9.64. The zero-order chi connectivity index (χ0) is 26.1. The van der Waals surface area contributed by atoms with E-state index in [1.54, 1.807) is 0 Å². The van der Waals surface area contributed by atoms with Crippen molar-refractivity contribution in [3.05, 3.63) is 0 Å². The Labute approximate surface area is 213 Å². The first kappa shape index (κ1) is 28.7. The average Bonchev–Trinajstić information content (AvgIpc) is 2.95. The molecule has 3 unspecified atom stereocenters. The molecule has 0 aromatic heterocycles. The predicted molar refractivity (Wildman–Crippen MR) is 129 cm³/mol. The maximum atomic E-state index is 11.6. The van der Waals surface area contributed by atoms with Gasteiger partial charge in [0.15, 0.2) is 6.10 Å². The molecule has 0 amide bonds. The Morgan fingerprint density at radius 3 is 2.17 bits per heavy atom. The van der Waals surface area contributed by atoms with Gasteiger partial charge in [0.1, 0.15) is 24.9 Å². The molecule has 8 atom stereocenters. The minimum absolute atomic E-state index is 0.200. The van der Waals surface area contributed by atoms with Gasteiger partial charge in [-0.15, -0.1) is 11.6 Å². The summed E-state index contributed by atoms with van der Waals surface area (Å²) >= 11 is 6.86. The largest absolute Gasteiger partial charge is 0.463 e. The summed E-state index contributed by atoms with van der Waals surface area (Å²) in [5, 5.41) is 21.4. The van der Waals surface area contributed by atoms with Gasteiger partial charge >= 0.3 is 19.1 Å². The van der Waals surface area contributed by atoms with Crippen molar-refractivity contribution in [2.24, 2.45) is 5.92 Å². The third-order valence-electron chi connectivity index (χ3n) is 7.94. The summed E-state index contributed by atoms with van der Waals surface area (Å²) in [5.41, 5.74) is -0.789. The molecule has 0 aromatic rings. The van der Waals surface area contributed by atoms with E-state index in [2.05, 4.69) is 0 Å². The molecule has 3 aliphatic rings. The molecule has 2 aliphatic heterocycles. The highest BCUT2D eigenvalue weighted by Crippen LogP contribution is 2.45. The molecule has 0 spiro atoms. The third kappa shape index (κ3) is 6.51. The van der Waals surface area contributed by atoms with Crippen LogP contribution < -0.4 is 0 Å². The van der Waals surface area contributed by atoms with Crippen molar-refractivity contribution < 1.29 is 43.3 Å². The summed E-state index contributed by atoms with van der Waals surface area (Å²) in [6, 6.07) is 0. The molecule has 9 nitrogen and oxygen atoms in total. The maximum absolute atomic E-state index is 11.6. The van der Waals surface area contributed by atoms with Gasteiger partial charge in [0.05, 0.1) is 17.3 Å². The van der Waals surface area contributed by atoms with Gasteiger partial charge in [-0.25, -0.2) is 0 Å². The fraction of sp³-hybridized carbons (Fsp3) is 0.917. The molecule has 3 rings (SSSR count). The number of hydrogen-bond donors (Lipinski definition) is 2. The zero-order valence-corrected chi connectivity index (χ0v) is 22.3. The number of rotatable bonds is 5. The smallest absolute Gasteiger partial charge is 0.461 e. The standard InChI is InChI=1S/C24H40BClO9/c1-13(27)31-12-18-22(32-14(2)28)20(30)19(29)21(33-18)16-9-7-8-15(10-11-17(16)26)25-34-23(3,4)24(5,6)35-25/h15-22,29-30H,7-12H2,1-6H3/t15?,16?,17?,18-,19+,20-,21-,22-/m1/s1. The fourth-order valence-electron chi connectivity index (χ4n) is 5.25. The highest BCUT2D eigenvalue weighted by Gasteiger charge is 2.54. The van der Waals surface area contributed by atoms with Crippen LogP contribution in [0.1, 0.15) is 73.6 Å². The monoisotopic (exact) mass is 518 g/mol. The summed E-state index contributed by atoms with van der Waals surface area (Å²) < 4.78 is 28.9. The summed E-state index contributed by atoms with van der Waals surface area (Å²) in [6.45, 7) is 10.4. The second kappa shape index (κ2) is 11.2. The van der Waals surface area contributed by atoms with Gasteiger partial charge in [0, 0.05) is 25.1 Å². The number of carbonyl (C=O) groups excluding carboxylic acids is 2. The number of halogens is 1. The molecule has 0 aromatic carbocycles. The summed E-state index contributed by atoms with van der Waals surface area (Å²) in [5.74, 6) is -1.21. The molecule has 1 aliphatic carbocycles. The molecule has 0 radical (unpaired) electrons. The Kier molecular flexibility index (Phi) is 9.20. The summed E-state index contributed by atoms with van der Waals surface area (Å²) in [6.07, 6.45) is -1.78. The quantitative estimate of drug-likeness (QED) is 0.321. The summed E-state index contributed by atoms with van der Waals surface area (Å²) in [4.78, 5) is 22.9. The number of carbonyl (C=O) groups is 2. The highest BCUT2D eigenvalue weighted by molar-refractivity contribution is 6.47. The van der Waals surface area contributed by atoms with Crippen LogP contribution in [-0.2, 0) is 33.1 Å². The zero-order valence-electron chi connectivity index (χ0n) is 21.6. The van der Waals surface area contributed by atoms with Crippen molar-refractivity contribution in [3.63, 3.8) is 0 Å². The maximum Gasteiger partial charge on any atom is 0.461 e. The molecular weight excluding hydrogens is 479 g/mol. The van der Waals surface area contributed by atoms with Gasteiger partial charge in [-0.3, -0.25) is 9.59 Å². The Hall–Kier alpha value is -0.905. The summed E-state index contributed by atoms with van der Waals surface area (Å²) in [7, 11) is -0.295. The van der Waals surface area contributed by atoms with Gasteiger partial charge < -0.3 is 33.7 Å². The Morgan fingerprint density at radius 2 is 1.60 bits per heavy atom. The van der Waals surface area contributed by atoms with Gasteiger partial charge in [-0.05, 0) is 46.4 Å².